The molecule has 2 N–H and O–H groups in total. The Morgan fingerprint density at radius 3 is 2.19 bits per heavy atom. The van der Waals surface area contributed by atoms with Crippen LogP contribution in [0.5, 0.6) is 23.1 Å². The van der Waals surface area contributed by atoms with Crippen LogP contribution in [0.25, 0.3) is 0 Å². The fourth-order valence-corrected chi connectivity index (χ4v) is 2.21. The number of rotatable bonds is 8. The van der Waals surface area contributed by atoms with Crippen LogP contribution in [0.3, 0.4) is 0 Å². The van der Waals surface area contributed by atoms with Crippen molar-refractivity contribution < 1.29 is 14.2 Å². The molecule has 0 radical (unpaired) electrons. The molecule has 1 aromatic heterocycles. The smallest absolute Gasteiger partial charge is 0.213 e. The van der Waals surface area contributed by atoms with Crippen molar-refractivity contribution in [3.63, 3.8) is 0 Å². The lowest BCUT2D eigenvalue weighted by atomic mass is 10.2. The van der Waals surface area contributed by atoms with Gasteiger partial charge in [0.2, 0.25) is 5.88 Å². The number of hydrogen-bond acceptors (Lipinski definition) is 5. The zero-order valence-corrected chi connectivity index (χ0v) is 14.7. The summed E-state index contributed by atoms with van der Waals surface area (Å²) in [6, 6.07) is 21.0. The first-order valence-electron chi connectivity index (χ1n) is 8.48. The van der Waals surface area contributed by atoms with Gasteiger partial charge in [0.05, 0.1) is 6.20 Å². The molecule has 3 aromatic rings. The summed E-state index contributed by atoms with van der Waals surface area (Å²) in [5.41, 5.74) is 6.77. The maximum atomic E-state index is 5.78. The van der Waals surface area contributed by atoms with E-state index in [1.165, 1.54) is 0 Å². The molecular weight excluding hydrogens is 328 g/mol. The fourth-order valence-electron chi connectivity index (χ4n) is 2.21. The van der Waals surface area contributed by atoms with Crippen molar-refractivity contribution in [1.29, 1.82) is 0 Å². The van der Waals surface area contributed by atoms with Crippen molar-refractivity contribution in [3.05, 3.63) is 78.5 Å². The van der Waals surface area contributed by atoms with Crippen molar-refractivity contribution in [2.45, 2.75) is 19.6 Å². The molecule has 0 amide bonds. The van der Waals surface area contributed by atoms with Gasteiger partial charge in [-0.3, -0.25) is 0 Å². The Kier molecular flexibility index (Phi) is 6.06. The third-order valence-corrected chi connectivity index (χ3v) is 3.51. The molecule has 0 fully saturated rings. The maximum absolute atomic E-state index is 5.78. The van der Waals surface area contributed by atoms with E-state index in [1.54, 1.807) is 12.3 Å². The summed E-state index contributed by atoms with van der Waals surface area (Å²) < 4.78 is 17.0. The molecule has 1 heterocycles. The van der Waals surface area contributed by atoms with E-state index in [9.17, 15) is 0 Å². The van der Waals surface area contributed by atoms with Crippen LogP contribution in [0.4, 0.5) is 0 Å². The minimum atomic E-state index is -0.000347. The number of nitrogens with two attached hydrogens (primary N) is 1. The molecule has 0 bridgehead atoms. The van der Waals surface area contributed by atoms with Crippen molar-refractivity contribution in [2.24, 2.45) is 5.73 Å². The lowest BCUT2D eigenvalue weighted by Crippen LogP contribution is -2.23. The Hall–Kier alpha value is -3.05. The highest BCUT2D eigenvalue weighted by Gasteiger charge is 2.02. The van der Waals surface area contributed by atoms with Crippen LogP contribution in [0.15, 0.2) is 72.9 Å². The molecule has 134 valence electrons. The summed E-state index contributed by atoms with van der Waals surface area (Å²) >= 11 is 0. The lowest BCUT2D eigenvalue weighted by Gasteiger charge is -2.10. The van der Waals surface area contributed by atoms with E-state index < -0.39 is 0 Å². The molecule has 0 aliphatic carbocycles. The molecule has 2 aromatic carbocycles. The van der Waals surface area contributed by atoms with Gasteiger partial charge in [-0.25, -0.2) is 4.98 Å². The van der Waals surface area contributed by atoms with Crippen LogP contribution in [-0.4, -0.2) is 17.6 Å². The minimum Gasteiger partial charge on any atom is -0.492 e. The van der Waals surface area contributed by atoms with Crippen molar-refractivity contribution in [2.75, 3.05) is 6.61 Å². The van der Waals surface area contributed by atoms with E-state index in [4.69, 9.17) is 19.9 Å². The van der Waals surface area contributed by atoms with Gasteiger partial charge in [-0.2, -0.15) is 0 Å². The number of pyridine rings is 1. The Morgan fingerprint density at radius 1 is 0.846 bits per heavy atom. The molecule has 0 aliphatic rings. The van der Waals surface area contributed by atoms with Gasteiger partial charge in [-0.05, 0) is 42.8 Å². The van der Waals surface area contributed by atoms with Crippen LogP contribution in [-0.2, 0) is 6.61 Å². The van der Waals surface area contributed by atoms with Crippen molar-refractivity contribution >= 4 is 0 Å². The number of nitrogens with zero attached hydrogens (tertiary/aromatic N) is 1. The quantitative estimate of drug-likeness (QED) is 0.660. The first-order valence-corrected chi connectivity index (χ1v) is 8.48. The lowest BCUT2D eigenvalue weighted by molar-refractivity contribution is 0.293. The van der Waals surface area contributed by atoms with Crippen LogP contribution >= 0.6 is 0 Å². The molecular formula is C21H22N2O3. The topological polar surface area (TPSA) is 66.6 Å². The number of benzene rings is 2. The summed E-state index contributed by atoms with van der Waals surface area (Å²) in [4.78, 5) is 4.27. The Labute approximate surface area is 153 Å². The first-order chi connectivity index (χ1) is 12.7. The van der Waals surface area contributed by atoms with Crippen LogP contribution in [0.1, 0.15) is 12.5 Å². The molecule has 0 saturated carbocycles. The number of aromatic nitrogens is 1. The second-order valence-corrected chi connectivity index (χ2v) is 5.97. The second-order valence-electron chi connectivity index (χ2n) is 5.97. The zero-order chi connectivity index (χ0) is 18.2. The molecule has 0 unspecified atom stereocenters. The van der Waals surface area contributed by atoms with E-state index in [0.717, 1.165) is 11.3 Å². The van der Waals surface area contributed by atoms with Crippen molar-refractivity contribution in [3.8, 4) is 23.1 Å². The van der Waals surface area contributed by atoms with Gasteiger partial charge in [-0.15, -0.1) is 0 Å². The van der Waals surface area contributed by atoms with Gasteiger partial charge in [-0.1, -0.05) is 30.3 Å². The molecule has 5 nitrogen and oxygen atoms in total. The SMILES string of the molecule is C[C@H](N)COc1ccc(Oc2ccc(OCc3ccccc3)nc2)cc1. The molecule has 26 heavy (non-hydrogen) atoms. The number of ether oxygens (including phenoxy) is 3. The van der Waals surface area contributed by atoms with Gasteiger partial charge in [0.1, 0.15) is 30.5 Å². The highest BCUT2D eigenvalue weighted by Crippen LogP contribution is 2.24. The molecule has 1 atom stereocenters. The summed E-state index contributed by atoms with van der Waals surface area (Å²) in [7, 11) is 0. The van der Waals surface area contributed by atoms with E-state index in [2.05, 4.69) is 4.98 Å². The van der Waals surface area contributed by atoms with Crippen LogP contribution in [0, 0.1) is 0 Å². The molecule has 3 rings (SSSR count). The molecule has 0 aliphatic heterocycles. The van der Waals surface area contributed by atoms with E-state index in [-0.39, 0.29) is 6.04 Å². The minimum absolute atomic E-state index is 0.000347. The largest absolute Gasteiger partial charge is 0.492 e. The van der Waals surface area contributed by atoms with Gasteiger partial charge < -0.3 is 19.9 Å². The predicted octanol–water partition coefficient (Wildman–Crippen LogP) is 4.18. The Morgan fingerprint density at radius 2 is 1.54 bits per heavy atom. The highest BCUT2D eigenvalue weighted by molar-refractivity contribution is 5.35. The van der Waals surface area contributed by atoms with E-state index >= 15 is 0 Å². The van der Waals surface area contributed by atoms with Crippen molar-refractivity contribution in [1.82, 2.24) is 4.98 Å². The van der Waals surface area contributed by atoms with Gasteiger partial charge in [0.15, 0.2) is 0 Å². The van der Waals surface area contributed by atoms with Crippen LogP contribution < -0.4 is 19.9 Å². The van der Waals surface area contributed by atoms with E-state index in [1.807, 2.05) is 67.6 Å². The Bertz CT molecular complexity index is 788. The second kappa shape index (κ2) is 8.87. The molecule has 5 heteroatoms. The predicted molar refractivity (Wildman–Crippen MR) is 101 cm³/mol. The summed E-state index contributed by atoms with van der Waals surface area (Å²) in [6.45, 7) is 2.86. The standard InChI is InChI=1S/C21H22N2O3/c1-16(22)14-24-18-7-9-19(10-8-18)26-20-11-12-21(23-13-20)25-15-17-5-3-2-4-6-17/h2-13,16H,14-15,22H2,1H3/t16-/m0/s1. The summed E-state index contributed by atoms with van der Waals surface area (Å²) in [6.07, 6.45) is 1.64. The summed E-state index contributed by atoms with van der Waals surface area (Å²) in [5.74, 6) is 2.66. The Balaban J connectivity index is 1.52. The molecule has 0 saturated heterocycles. The fraction of sp³-hybridized carbons (Fsp3) is 0.190. The highest BCUT2D eigenvalue weighted by atomic mass is 16.5. The first kappa shape index (κ1) is 17.8. The van der Waals surface area contributed by atoms with Gasteiger partial charge in [0, 0.05) is 12.1 Å². The summed E-state index contributed by atoms with van der Waals surface area (Å²) in [5, 5.41) is 0. The third-order valence-electron chi connectivity index (χ3n) is 3.51. The third kappa shape index (κ3) is 5.50. The van der Waals surface area contributed by atoms with Gasteiger partial charge in [0.25, 0.3) is 0 Å². The zero-order valence-electron chi connectivity index (χ0n) is 14.7. The maximum Gasteiger partial charge on any atom is 0.213 e. The molecule has 0 spiro atoms. The number of hydrogen-bond donors (Lipinski definition) is 1. The van der Waals surface area contributed by atoms with Crippen LogP contribution in [0.2, 0.25) is 0 Å². The monoisotopic (exact) mass is 350 g/mol. The average Bonchev–Trinajstić information content (AvgIpc) is 2.68. The normalized spacial score (nSPS) is 11.6. The van der Waals surface area contributed by atoms with Gasteiger partial charge >= 0.3 is 0 Å². The average molecular weight is 350 g/mol. The van der Waals surface area contributed by atoms with E-state index in [0.29, 0.717) is 30.6 Å².